The fourth-order valence-electron chi connectivity index (χ4n) is 2.80. The Balaban J connectivity index is 1.95. The molecule has 1 aromatic heterocycles. The number of hydrogen-bond acceptors (Lipinski definition) is 6. The first-order chi connectivity index (χ1) is 11.4. The number of benzene rings is 1. The Bertz CT molecular complexity index is 866. The summed E-state index contributed by atoms with van der Waals surface area (Å²) in [5.41, 5.74) is 1.03. The minimum absolute atomic E-state index is 0.105. The number of carbonyl (C=O) groups excluding carboxylic acids is 1. The van der Waals surface area contributed by atoms with Crippen molar-refractivity contribution in [2.75, 3.05) is 19.7 Å². The van der Waals surface area contributed by atoms with Gasteiger partial charge in [0.05, 0.1) is 11.5 Å². The fourth-order valence-corrected chi connectivity index (χ4v) is 4.10. The van der Waals surface area contributed by atoms with Crippen LogP contribution in [0.4, 0.5) is 0 Å². The first kappa shape index (κ1) is 16.9. The molecule has 0 bridgehead atoms. The minimum Gasteiger partial charge on any atom is -0.460 e. The molecule has 1 saturated heterocycles. The number of rotatable bonds is 5. The van der Waals surface area contributed by atoms with Gasteiger partial charge in [0.15, 0.2) is 0 Å². The molecule has 130 valence electrons. The Labute approximate surface area is 140 Å². The Morgan fingerprint density at radius 3 is 2.92 bits per heavy atom. The molecule has 2 N–H and O–H groups in total. The maximum Gasteiger partial charge on any atom is 0.374 e. The molecular weight excluding hydrogens is 332 g/mol. The highest BCUT2D eigenvalue weighted by Gasteiger charge is 2.25. The van der Waals surface area contributed by atoms with Gasteiger partial charge in [-0.15, -0.1) is 0 Å². The number of esters is 1. The average molecular weight is 352 g/mol. The van der Waals surface area contributed by atoms with Crippen LogP contribution in [-0.4, -0.2) is 40.1 Å². The molecule has 24 heavy (non-hydrogen) atoms. The molecule has 0 saturated carbocycles. The lowest BCUT2D eigenvalue weighted by Crippen LogP contribution is -2.36. The number of furan rings is 1. The van der Waals surface area contributed by atoms with Crippen molar-refractivity contribution in [1.29, 1.82) is 0 Å². The molecule has 2 heterocycles. The van der Waals surface area contributed by atoms with Crippen molar-refractivity contribution < 1.29 is 22.4 Å². The number of aryl methyl sites for hydroxylation is 1. The zero-order chi connectivity index (χ0) is 17.3. The summed E-state index contributed by atoms with van der Waals surface area (Å²) in [6.07, 6.45) is 0.763. The molecule has 1 aliphatic heterocycles. The van der Waals surface area contributed by atoms with E-state index in [0.717, 1.165) is 13.0 Å². The summed E-state index contributed by atoms with van der Waals surface area (Å²) in [5.74, 6) is -0.444. The minimum atomic E-state index is -3.62. The van der Waals surface area contributed by atoms with Crippen LogP contribution in [0.15, 0.2) is 27.5 Å². The van der Waals surface area contributed by atoms with Crippen molar-refractivity contribution in [3.63, 3.8) is 0 Å². The van der Waals surface area contributed by atoms with Gasteiger partial charge in [0.2, 0.25) is 15.8 Å². The van der Waals surface area contributed by atoms with Crippen LogP contribution in [0.25, 0.3) is 11.0 Å². The summed E-state index contributed by atoms with van der Waals surface area (Å²) in [5, 5.41) is 3.71. The van der Waals surface area contributed by atoms with E-state index in [9.17, 15) is 13.2 Å². The van der Waals surface area contributed by atoms with Gasteiger partial charge in [-0.3, -0.25) is 0 Å². The lowest BCUT2D eigenvalue weighted by molar-refractivity contribution is 0.0491. The first-order valence-corrected chi connectivity index (χ1v) is 9.34. The van der Waals surface area contributed by atoms with E-state index in [4.69, 9.17) is 9.15 Å². The van der Waals surface area contributed by atoms with Crippen LogP contribution in [0.3, 0.4) is 0 Å². The highest BCUT2D eigenvalue weighted by molar-refractivity contribution is 7.89. The van der Waals surface area contributed by atoms with Crippen LogP contribution >= 0.6 is 0 Å². The van der Waals surface area contributed by atoms with E-state index in [1.807, 2.05) is 0 Å². The molecule has 0 aliphatic carbocycles. The third-order valence-corrected chi connectivity index (χ3v) is 5.58. The van der Waals surface area contributed by atoms with Crippen LogP contribution < -0.4 is 10.0 Å². The van der Waals surface area contributed by atoms with Gasteiger partial charge in [-0.25, -0.2) is 17.9 Å². The van der Waals surface area contributed by atoms with Gasteiger partial charge in [-0.1, -0.05) is 0 Å². The van der Waals surface area contributed by atoms with E-state index in [0.29, 0.717) is 23.1 Å². The van der Waals surface area contributed by atoms with Crippen molar-refractivity contribution in [3.05, 3.63) is 29.5 Å². The molecule has 3 rings (SSSR count). The lowest BCUT2D eigenvalue weighted by atomic mass is 10.1. The van der Waals surface area contributed by atoms with Crippen molar-refractivity contribution >= 4 is 27.0 Å². The molecule has 1 aliphatic rings. The zero-order valence-corrected chi connectivity index (χ0v) is 14.4. The van der Waals surface area contributed by atoms with E-state index >= 15 is 0 Å². The monoisotopic (exact) mass is 352 g/mol. The predicted octanol–water partition coefficient (Wildman–Crippen LogP) is 1.56. The first-order valence-electron chi connectivity index (χ1n) is 7.85. The highest BCUT2D eigenvalue weighted by Crippen LogP contribution is 2.28. The van der Waals surface area contributed by atoms with Crippen molar-refractivity contribution in [1.82, 2.24) is 10.0 Å². The Hall–Kier alpha value is -1.90. The number of nitrogens with one attached hydrogen (secondary N) is 2. The zero-order valence-electron chi connectivity index (χ0n) is 13.6. The molecule has 1 aromatic carbocycles. The molecule has 1 atom stereocenters. The number of hydrogen-bond donors (Lipinski definition) is 2. The van der Waals surface area contributed by atoms with Gasteiger partial charge < -0.3 is 14.5 Å². The summed E-state index contributed by atoms with van der Waals surface area (Å²) in [4.78, 5) is 12.0. The Kier molecular flexibility index (Phi) is 4.62. The second-order valence-electron chi connectivity index (χ2n) is 5.75. The summed E-state index contributed by atoms with van der Waals surface area (Å²) in [7, 11) is -3.62. The van der Waals surface area contributed by atoms with Crippen molar-refractivity contribution in [2.45, 2.75) is 31.2 Å². The van der Waals surface area contributed by atoms with Crippen LogP contribution in [0.1, 0.15) is 29.5 Å². The third-order valence-electron chi connectivity index (χ3n) is 4.06. The molecule has 0 radical (unpaired) electrons. The molecular formula is C16H20N2O5S. The number of ether oxygens (including phenoxy) is 1. The van der Waals surface area contributed by atoms with Crippen LogP contribution in [0.2, 0.25) is 0 Å². The second kappa shape index (κ2) is 6.54. The Morgan fingerprint density at radius 1 is 1.46 bits per heavy atom. The van der Waals surface area contributed by atoms with E-state index < -0.39 is 16.0 Å². The summed E-state index contributed by atoms with van der Waals surface area (Å²) in [6, 6.07) is 4.46. The maximum atomic E-state index is 12.5. The van der Waals surface area contributed by atoms with Crippen molar-refractivity contribution in [3.8, 4) is 0 Å². The smallest absolute Gasteiger partial charge is 0.374 e. The predicted molar refractivity (Wildman–Crippen MR) is 88.5 cm³/mol. The van der Waals surface area contributed by atoms with Gasteiger partial charge in [-0.2, -0.15) is 0 Å². The van der Waals surface area contributed by atoms with Gasteiger partial charge >= 0.3 is 5.97 Å². The summed E-state index contributed by atoms with van der Waals surface area (Å²) >= 11 is 0. The second-order valence-corrected chi connectivity index (χ2v) is 7.46. The summed E-state index contributed by atoms with van der Waals surface area (Å²) in [6.45, 7) is 5.09. The van der Waals surface area contributed by atoms with E-state index in [2.05, 4.69) is 10.0 Å². The van der Waals surface area contributed by atoms with Crippen LogP contribution in [0, 0.1) is 6.92 Å². The number of sulfonamides is 1. The van der Waals surface area contributed by atoms with Gasteiger partial charge in [0.25, 0.3) is 0 Å². The maximum absolute atomic E-state index is 12.5. The van der Waals surface area contributed by atoms with E-state index in [1.165, 1.54) is 12.1 Å². The molecule has 7 nitrogen and oxygen atoms in total. The normalized spacial score (nSPS) is 18.2. The van der Waals surface area contributed by atoms with E-state index in [-0.39, 0.29) is 23.3 Å². The molecule has 0 amide bonds. The average Bonchev–Trinajstić information content (AvgIpc) is 3.15. The quantitative estimate of drug-likeness (QED) is 0.793. The van der Waals surface area contributed by atoms with Gasteiger partial charge in [-0.05, 0) is 45.0 Å². The van der Waals surface area contributed by atoms with Crippen LogP contribution in [-0.2, 0) is 14.8 Å². The molecule has 0 unspecified atom stereocenters. The largest absolute Gasteiger partial charge is 0.460 e. The van der Waals surface area contributed by atoms with E-state index in [1.54, 1.807) is 19.9 Å². The fraction of sp³-hybridized carbons (Fsp3) is 0.438. The highest BCUT2D eigenvalue weighted by atomic mass is 32.2. The van der Waals surface area contributed by atoms with Crippen molar-refractivity contribution in [2.24, 2.45) is 0 Å². The molecule has 8 heteroatoms. The number of carbonyl (C=O) groups is 1. The number of fused-ring (bicyclic) bond motifs is 1. The molecule has 0 spiro atoms. The Morgan fingerprint density at radius 2 is 2.25 bits per heavy atom. The standard InChI is InChI=1S/C16H20N2O5S/c1-3-22-16(19)15-10(2)13-8-12(4-5-14(13)23-15)24(20,21)18-11-6-7-17-9-11/h4-5,8,11,17-18H,3,6-7,9H2,1-2H3/t11-/m0/s1. The molecule has 2 aromatic rings. The van der Waals surface area contributed by atoms with Gasteiger partial charge in [0, 0.05) is 23.5 Å². The van der Waals surface area contributed by atoms with Crippen LogP contribution in [0.5, 0.6) is 0 Å². The lowest BCUT2D eigenvalue weighted by Gasteiger charge is -2.12. The third kappa shape index (κ3) is 3.17. The molecule has 1 fully saturated rings. The van der Waals surface area contributed by atoms with Gasteiger partial charge in [0.1, 0.15) is 5.58 Å². The summed E-state index contributed by atoms with van der Waals surface area (Å²) < 4.78 is 38.2. The SMILES string of the molecule is CCOC(=O)c1oc2ccc(S(=O)(=O)N[C@H]3CCNC3)cc2c1C. The topological polar surface area (TPSA) is 97.6 Å².